The number of hydrogen-bond acceptors (Lipinski definition) is 4. The number of hydrogen-bond donors (Lipinski definition) is 2. The van der Waals surface area contributed by atoms with Crippen molar-refractivity contribution >= 4 is 29.6 Å². The number of benzene rings is 2. The summed E-state index contributed by atoms with van der Waals surface area (Å²) < 4.78 is 5.81. The molecule has 202 valence electrons. The average Bonchev–Trinajstić information content (AvgIpc) is 2.90. The van der Waals surface area contributed by atoms with E-state index in [0.29, 0.717) is 23.8 Å². The van der Waals surface area contributed by atoms with Crippen molar-refractivity contribution in [1.29, 1.82) is 0 Å². The van der Waals surface area contributed by atoms with Crippen LogP contribution in [-0.4, -0.2) is 24.6 Å². The van der Waals surface area contributed by atoms with Crippen LogP contribution in [-0.2, 0) is 16.2 Å². The van der Waals surface area contributed by atoms with Gasteiger partial charge in [-0.3, -0.25) is 9.59 Å². The molecule has 2 aromatic rings. The molecule has 0 radical (unpaired) electrons. The third-order valence-corrected chi connectivity index (χ3v) is 6.29. The van der Waals surface area contributed by atoms with Crippen LogP contribution in [0.1, 0.15) is 95.1 Å². The first-order chi connectivity index (χ1) is 18.1. The van der Waals surface area contributed by atoms with Crippen LogP contribution < -0.4 is 15.5 Å². The van der Waals surface area contributed by atoms with Crippen molar-refractivity contribution < 1.29 is 14.3 Å². The Morgan fingerprint density at radius 1 is 0.865 bits per heavy atom. The predicted molar refractivity (Wildman–Crippen MR) is 152 cm³/mol. The molecule has 7 heteroatoms. The first kappa shape index (κ1) is 30.4. The van der Waals surface area contributed by atoms with Gasteiger partial charge < -0.3 is 10.1 Å². The molecule has 0 spiro atoms. The molecule has 0 fully saturated rings. The Labute approximate surface area is 227 Å². The molecular formula is C30H42ClN3O3. The highest BCUT2D eigenvalue weighted by Gasteiger charge is 2.05. The molecular weight excluding hydrogens is 486 g/mol. The second kappa shape index (κ2) is 19.3. The number of nitrogens with one attached hydrogen (secondary N) is 2. The predicted octanol–water partition coefficient (Wildman–Crippen LogP) is 7.19. The van der Waals surface area contributed by atoms with E-state index in [1.54, 1.807) is 6.21 Å². The maximum Gasteiger partial charge on any atom is 0.259 e. The van der Waals surface area contributed by atoms with Gasteiger partial charge in [0.15, 0.2) is 0 Å². The van der Waals surface area contributed by atoms with Gasteiger partial charge in [0, 0.05) is 11.4 Å². The summed E-state index contributed by atoms with van der Waals surface area (Å²) in [5.74, 6) is 0.235. The van der Waals surface area contributed by atoms with Crippen molar-refractivity contribution in [2.24, 2.45) is 5.10 Å². The molecule has 6 nitrogen and oxygen atoms in total. The Morgan fingerprint density at radius 3 is 2.19 bits per heavy atom. The monoisotopic (exact) mass is 527 g/mol. The van der Waals surface area contributed by atoms with Gasteiger partial charge in [-0.15, -0.1) is 0 Å². The Kier molecular flexibility index (Phi) is 15.8. The molecule has 0 aliphatic rings. The summed E-state index contributed by atoms with van der Waals surface area (Å²) in [5.41, 5.74) is 4.25. The van der Waals surface area contributed by atoms with Gasteiger partial charge in [-0.1, -0.05) is 107 Å². The van der Waals surface area contributed by atoms with Crippen LogP contribution in [0.5, 0.6) is 5.75 Å². The first-order valence-electron chi connectivity index (χ1n) is 13.6. The minimum atomic E-state index is -0.362. The molecule has 0 aromatic heterocycles. The van der Waals surface area contributed by atoms with E-state index < -0.39 is 0 Å². The highest BCUT2D eigenvalue weighted by Crippen LogP contribution is 2.16. The lowest BCUT2D eigenvalue weighted by Crippen LogP contribution is -2.34. The molecule has 0 bridgehead atoms. The smallest absolute Gasteiger partial charge is 0.259 e. The number of nitrogens with zero attached hydrogens (tertiary/aromatic N) is 1. The van der Waals surface area contributed by atoms with Gasteiger partial charge in [-0.05, 0) is 41.8 Å². The molecule has 0 saturated heterocycles. The summed E-state index contributed by atoms with van der Waals surface area (Å²) in [4.78, 5) is 23.9. The van der Waals surface area contributed by atoms with E-state index in [1.807, 2.05) is 48.5 Å². The summed E-state index contributed by atoms with van der Waals surface area (Å²) in [6.45, 7) is 2.58. The van der Waals surface area contributed by atoms with Crippen LogP contribution in [0.3, 0.4) is 0 Å². The summed E-state index contributed by atoms with van der Waals surface area (Å²) >= 11 is 5.91. The minimum Gasteiger partial charge on any atom is -0.489 e. The summed E-state index contributed by atoms with van der Waals surface area (Å²) in [7, 11) is 0. The van der Waals surface area contributed by atoms with E-state index in [1.165, 1.54) is 57.8 Å². The number of rotatable bonds is 19. The van der Waals surface area contributed by atoms with Crippen molar-refractivity contribution in [3.63, 3.8) is 0 Å². The molecule has 2 aromatic carbocycles. The Bertz CT molecular complexity index is 947. The second-order valence-electron chi connectivity index (χ2n) is 9.34. The van der Waals surface area contributed by atoms with E-state index in [0.717, 1.165) is 24.0 Å². The molecule has 2 rings (SSSR count). The SMILES string of the molecule is CCCCCCCCCCCCCC(=O)NCC(=O)NN=Cc1cccc(OCc2ccc(Cl)cc2)c1. The molecule has 2 N–H and O–H groups in total. The van der Waals surface area contributed by atoms with Gasteiger partial charge in [-0.2, -0.15) is 5.10 Å². The number of amides is 2. The van der Waals surface area contributed by atoms with Crippen molar-refractivity contribution in [1.82, 2.24) is 10.7 Å². The molecule has 37 heavy (non-hydrogen) atoms. The fraction of sp³-hybridized carbons (Fsp3) is 0.500. The molecule has 2 amide bonds. The Balaban J connectivity index is 1.52. The van der Waals surface area contributed by atoms with Gasteiger partial charge in [0.05, 0.1) is 12.8 Å². The Hall–Kier alpha value is -2.86. The lowest BCUT2D eigenvalue weighted by atomic mass is 10.1. The largest absolute Gasteiger partial charge is 0.489 e. The summed E-state index contributed by atoms with van der Waals surface area (Å²) in [6.07, 6.45) is 15.7. The van der Waals surface area contributed by atoms with E-state index in [-0.39, 0.29) is 18.4 Å². The van der Waals surface area contributed by atoms with Gasteiger partial charge in [0.1, 0.15) is 12.4 Å². The number of carbonyl (C=O) groups is 2. The zero-order chi connectivity index (χ0) is 26.6. The van der Waals surface area contributed by atoms with Crippen molar-refractivity contribution in [2.75, 3.05) is 6.54 Å². The zero-order valence-corrected chi connectivity index (χ0v) is 22.9. The Morgan fingerprint density at radius 2 is 1.51 bits per heavy atom. The van der Waals surface area contributed by atoms with Crippen molar-refractivity contribution in [3.8, 4) is 5.75 Å². The van der Waals surface area contributed by atoms with Gasteiger partial charge in [-0.25, -0.2) is 5.43 Å². The van der Waals surface area contributed by atoms with Gasteiger partial charge in [0.2, 0.25) is 5.91 Å². The standard InChI is InChI=1S/C30H42ClN3O3/c1-2-3-4-5-6-7-8-9-10-11-12-16-29(35)32-23-30(36)34-33-22-26-14-13-15-28(21-26)37-24-25-17-19-27(31)20-18-25/h13-15,17-22H,2-12,16,23-24H2,1H3,(H,32,35)(H,34,36). The van der Waals surface area contributed by atoms with Crippen LogP contribution in [0.4, 0.5) is 0 Å². The highest BCUT2D eigenvalue weighted by atomic mass is 35.5. The molecule has 0 aliphatic heterocycles. The lowest BCUT2D eigenvalue weighted by Gasteiger charge is -2.07. The molecule has 0 saturated carbocycles. The van der Waals surface area contributed by atoms with Gasteiger partial charge in [0.25, 0.3) is 5.91 Å². The van der Waals surface area contributed by atoms with Crippen LogP contribution in [0.25, 0.3) is 0 Å². The fourth-order valence-electron chi connectivity index (χ4n) is 3.87. The number of carbonyl (C=O) groups excluding carboxylic acids is 2. The summed E-state index contributed by atoms with van der Waals surface area (Å²) in [5, 5.41) is 7.32. The minimum absolute atomic E-state index is 0.0849. The number of unbranched alkanes of at least 4 members (excludes halogenated alkanes) is 10. The first-order valence-corrected chi connectivity index (χ1v) is 14.0. The molecule has 0 atom stereocenters. The molecule has 0 unspecified atom stereocenters. The number of ether oxygens (including phenoxy) is 1. The number of hydrazone groups is 1. The van der Waals surface area contributed by atoms with Crippen molar-refractivity contribution in [3.05, 3.63) is 64.7 Å². The average molecular weight is 528 g/mol. The third kappa shape index (κ3) is 15.1. The third-order valence-electron chi connectivity index (χ3n) is 6.03. The van der Waals surface area contributed by atoms with E-state index >= 15 is 0 Å². The van der Waals surface area contributed by atoms with E-state index in [2.05, 4.69) is 22.8 Å². The normalized spacial score (nSPS) is 11.0. The summed E-state index contributed by atoms with van der Waals surface area (Å²) in [6, 6.07) is 14.9. The van der Waals surface area contributed by atoms with Crippen LogP contribution >= 0.6 is 11.6 Å². The molecule has 0 heterocycles. The van der Waals surface area contributed by atoms with Crippen LogP contribution in [0.2, 0.25) is 5.02 Å². The quantitative estimate of drug-likeness (QED) is 0.115. The number of halogens is 1. The second-order valence-corrected chi connectivity index (χ2v) is 9.78. The maximum atomic E-state index is 12.0. The van der Waals surface area contributed by atoms with E-state index in [4.69, 9.17) is 16.3 Å². The van der Waals surface area contributed by atoms with Crippen LogP contribution in [0.15, 0.2) is 53.6 Å². The van der Waals surface area contributed by atoms with E-state index in [9.17, 15) is 9.59 Å². The van der Waals surface area contributed by atoms with Gasteiger partial charge >= 0.3 is 0 Å². The highest BCUT2D eigenvalue weighted by molar-refractivity contribution is 6.30. The molecule has 0 aliphatic carbocycles. The maximum absolute atomic E-state index is 12.0. The van der Waals surface area contributed by atoms with Crippen LogP contribution in [0, 0.1) is 0 Å². The fourth-order valence-corrected chi connectivity index (χ4v) is 3.99. The van der Waals surface area contributed by atoms with Crippen molar-refractivity contribution in [2.45, 2.75) is 90.6 Å². The topological polar surface area (TPSA) is 79.8 Å². The zero-order valence-electron chi connectivity index (χ0n) is 22.1. The lowest BCUT2D eigenvalue weighted by molar-refractivity contribution is -0.126.